The molecule has 0 aliphatic rings. The Balaban J connectivity index is 1.76. The average Bonchev–Trinajstić information content (AvgIpc) is 3.01. The van der Waals surface area contributed by atoms with Crippen molar-refractivity contribution in [3.63, 3.8) is 0 Å². The fourth-order valence-electron chi connectivity index (χ4n) is 2.13. The predicted octanol–water partition coefficient (Wildman–Crippen LogP) is 3.64. The van der Waals surface area contributed by atoms with E-state index in [9.17, 15) is 4.79 Å². The zero-order valence-corrected chi connectivity index (χ0v) is 11.6. The number of aryl methyl sites for hydroxylation is 1. The van der Waals surface area contributed by atoms with E-state index in [1.54, 1.807) is 24.5 Å². The van der Waals surface area contributed by atoms with Gasteiger partial charge in [-0.05, 0) is 36.8 Å². The van der Waals surface area contributed by atoms with Gasteiger partial charge in [0.15, 0.2) is 0 Å². The number of anilines is 1. The summed E-state index contributed by atoms with van der Waals surface area (Å²) in [6, 6.07) is 15.1. The standard InChI is InChI=1S/C17H15N3O/c1-12-3-2-4-15(11-12)20-17(21)14-7-5-13(6-8-14)16-18-9-10-19-16/h2-11H,1H3,(H,18,19)(H,20,21). The molecular weight excluding hydrogens is 262 g/mol. The number of imidazole rings is 1. The molecule has 0 radical (unpaired) electrons. The van der Waals surface area contributed by atoms with Gasteiger partial charge >= 0.3 is 0 Å². The van der Waals surface area contributed by atoms with Gasteiger partial charge in [0.1, 0.15) is 5.82 Å². The lowest BCUT2D eigenvalue weighted by Gasteiger charge is -2.06. The fourth-order valence-corrected chi connectivity index (χ4v) is 2.13. The summed E-state index contributed by atoms with van der Waals surface area (Å²) >= 11 is 0. The van der Waals surface area contributed by atoms with Crippen LogP contribution in [0.15, 0.2) is 60.9 Å². The van der Waals surface area contributed by atoms with E-state index in [1.807, 2.05) is 43.3 Å². The second-order valence-corrected chi connectivity index (χ2v) is 4.84. The number of benzene rings is 2. The monoisotopic (exact) mass is 277 g/mol. The molecule has 104 valence electrons. The molecule has 0 bridgehead atoms. The summed E-state index contributed by atoms with van der Waals surface area (Å²) in [6.07, 6.45) is 3.47. The molecule has 4 nitrogen and oxygen atoms in total. The van der Waals surface area contributed by atoms with Crippen molar-refractivity contribution in [2.75, 3.05) is 5.32 Å². The Kier molecular flexibility index (Phi) is 3.51. The number of nitrogens with zero attached hydrogens (tertiary/aromatic N) is 1. The molecule has 0 spiro atoms. The van der Waals surface area contributed by atoms with Crippen molar-refractivity contribution in [2.45, 2.75) is 6.92 Å². The summed E-state index contributed by atoms with van der Waals surface area (Å²) in [5.41, 5.74) is 3.48. The first-order valence-corrected chi connectivity index (χ1v) is 6.70. The number of amides is 1. The lowest BCUT2D eigenvalue weighted by atomic mass is 10.1. The van der Waals surface area contributed by atoms with Crippen molar-refractivity contribution < 1.29 is 4.79 Å². The number of aromatic nitrogens is 2. The van der Waals surface area contributed by atoms with Crippen LogP contribution < -0.4 is 5.32 Å². The summed E-state index contributed by atoms with van der Waals surface area (Å²) < 4.78 is 0. The third-order valence-electron chi connectivity index (χ3n) is 3.19. The smallest absolute Gasteiger partial charge is 0.255 e. The van der Waals surface area contributed by atoms with Crippen molar-refractivity contribution in [3.05, 3.63) is 72.1 Å². The van der Waals surface area contributed by atoms with Crippen LogP contribution in [0.3, 0.4) is 0 Å². The minimum atomic E-state index is -0.119. The molecule has 21 heavy (non-hydrogen) atoms. The maximum Gasteiger partial charge on any atom is 0.255 e. The van der Waals surface area contributed by atoms with Crippen LogP contribution in [-0.4, -0.2) is 15.9 Å². The molecule has 0 saturated heterocycles. The van der Waals surface area contributed by atoms with Gasteiger partial charge in [0.25, 0.3) is 5.91 Å². The van der Waals surface area contributed by atoms with E-state index in [0.717, 1.165) is 22.6 Å². The lowest BCUT2D eigenvalue weighted by molar-refractivity contribution is 0.102. The van der Waals surface area contributed by atoms with E-state index in [2.05, 4.69) is 15.3 Å². The minimum Gasteiger partial charge on any atom is -0.345 e. The van der Waals surface area contributed by atoms with E-state index in [-0.39, 0.29) is 5.91 Å². The highest BCUT2D eigenvalue weighted by atomic mass is 16.1. The molecule has 0 fully saturated rings. The molecule has 3 aromatic rings. The SMILES string of the molecule is Cc1cccc(NC(=O)c2ccc(-c3ncc[nH]3)cc2)c1. The summed E-state index contributed by atoms with van der Waals surface area (Å²) in [4.78, 5) is 19.4. The highest BCUT2D eigenvalue weighted by Gasteiger charge is 2.07. The summed E-state index contributed by atoms with van der Waals surface area (Å²) in [5.74, 6) is 0.673. The maximum absolute atomic E-state index is 12.2. The van der Waals surface area contributed by atoms with E-state index in [1.165, 1.54) is 0 Å². The van der Waals surface area contributed by atoms with Gasteiger partial charge in [0.2, 0.25) is 0 Å². The molecule has 0 aliphatic carbocycles. The fraction of sp³-hybridized carbons (Fsp3) is 0.0588. The average molecular weight is 277 g/mol. The number of nitrogens with one attached hydrogen (secondary N) is 2. The number of aromatic amines is 1. The van der Waals surface area contributed by atoms with Gasteiger partial charge in [-0.2, -0.15) is 0 Å². The van der Waals surface area contributed by atoms with Gasteiger partial charge in [-0.25, -0.2) is 4.98 Å². The summed E-state index contributed by atoms with van der Waals surface area (Å²) in [5, 5.41) is 2.89. The Labute approximate surface area is 122 Å². The van der Waals surface area contributed by atoms with Gasteiger partial charge in [0, 0.05) is 29.2 Å². The van der Waals surface area contributed by atoms with Crippen molar-refractivity contribution in [2.24, 2.45) is 0 Å². The Bertz CT molecular complexity index is 746. The molecule has 1 amide bonds. The third-order valence-corrected chi connectivity index (χ3v) is 3.19. The summed E-state index contributed by atoms with van der Waals surface area (Å²) in [6.45, 7) is 1.99. The largest absolute Gasteiger partial charge is 0.345 e. The highest BCUT2D eigenvalue weighted by Crippen LogP contribution is 2.16. The van der Waals surface area contributed by atoms with Crippen molar-refractivity contribution in [1.82, 2.24) is 9.97 Å². The van der Waals surface area contributed by atoms with Crippen molar-refractivity contribution in [3.8, 4) is 11.4 Å². The Morgan fingerprint density at radius 1 is 1.14 bits per heavy atom. The quantitative estimate of drug-likeness (QED) is 0.768. The normalized spacial score (nSPS) is 10.3. The highest BCUT2D eigenvalue weighted by molar-refractivity contribution is 6.04. The predicted molar refractivity (Wildman–Crippen MR) is 83.2 cm³/mol. The van der Waals surface area contributed by atoms with Gasteiger partial charge in [-0.3, -0.25) is 4.79 Å². The second-order valence-electron chi connectivity index (χ2n) is 4.84. The number of hydrogen-bond acceptors (Lipinski definition) is 2. The van der Waals surface area contributed by atoms with E-state index < -0.39 is 0 Å². The summed E-state index contributed by atoms with van der Waals surface area (Å²) in [7, 11) is 0. The third kappa shape index (κ3) is 3.00. The molecule has 4 heteroatoms. The van der Waals surface area contributed by atoms with Gasteiger partial charge in [-0.15, -0.1) is 0 Å². The van der Waals surface area contributed by atoms with E-state index in [0.29, 0.717) is 5.56 Å². The van der Waals surface area contributed by atoms with Crippen LogP contribution in [0.25, 0.3) is 11.4 Å². The van der Waals surface area contributed by atoms with Crippen LogP contribution in [0.4, 0.5) is 5.69 Å². The lowest BCUT2D eigenvalue weighted by Crippen LogP contribution is -2.11. The Hall–Kier alpha value is -2.88. The van der Waals surface area contributed by atoms with E-state index >= 15 is 0 Å². The van der Waals surface area contributed by atoms with Crippen LogP contribution in [0.2, 0.25) is 0 Å². The molecule has 1 heterocycles. The molecule has 2 aromatic carbocycles. The Morgan fingerprint density at radius 2 is 1.95 bits per heavy atom. The van der Waals surface area contributed by atoms with Gasteiger partial charge in [0.05, 0.1) is 0 Å². The minimum absolute atomic E-state index is 0.119. The topological polar surface area (TPSA) is 57.8 Å². The van der Waals surface area contributed by atoms with E-state index in [4.69, 9.17) is 0 Å². The first-order chi connectivity index (χ1) is 10.2. The maximum atomic E-state index is 12.2. The molecule has 2 N–H and O–H groups in total. The molecule has 3 rings (SSSR count). The number of rotatable bonds is 3. The van der Waals surface area contributed by atoms with Crippen LogP contribution in [0.5, 0.6) is 0 Å². The van der Waals surface area contributed by atoms with Crippen LogP contribution in [-0.2, 0) is 0 Å². The first kappa shape index (κ1) is 13.1. The number of carbonyl (C=O) groups is 1. The number of carbonyl (C=O) groups excluding carboxylic acids is 1. The van der Waals surface area contributed by atoms with Crippen LogP contribution >= 0.6 is 0 Å². The molecule has 0 saturated carbocycles. The second kappa shape index (κ2) is 5.63. The zero-order chi connectivity index (χ0) is 14.7. The van der Waals surface area contributed by atoms with Crippen LogP contribution in [0, 0.1) is 6.92 Å². The van der Waals surface area contributed by atoms with Gasteiger partial charge < -0.3 is 10.3 Å². The molecule has 0 atom stereocenters. The number of H-pyrrole nitrogens is 1. The molecule has 0 aliphatic heterocycles. The molecular formula is C17H15N3O. The van der Waals surface area contributed by atoms with Gasteiger partial charge in [-0.1, -0.05) is 24.3 Å². The molecule has 1 aromatic heterocycles. The van der Waals surface area contributed by atoms with Crippen molar-refractivity contribution in [1.29, 1.82) is 0 Å². The van der Waals surface area contributed by atoms with Crippen molar-refractivity contribution >= 4 is 11.6 Å². The Morgan fingerprint density at radius 3 is 2.62 bits per heavy atom. The number of hydrogen-bond donors (Lipinski definition) is 2. The van der Waals surface area contributed by atoms with Crippen LogP contribution in [0.1, 0.15) is 15.9 Å². The zero-order valence-electron chi connectivity index (χ0n) is 11.6. The first-order valence-electron chi connectivity index (χ1n) is 6.70. The molecule has 0 unspecified atom stereocenters.